The van der Waals surface area contributed by atoms with Crippen molar-refractivity contribution in [2.24, 2.45) is 0 Å². The van der Waals surface area contributed by atoms with E-state index >= 15 is 0 Å². The Morgan fingerprint density at radius 2 is 2.09 bits per heavy atom. The molecule has 22 heavy (non-hydrogen) atoms. The number of urea groups is 1. The number of rotatable bonds is 7. The first-order chi connectivity index (χ1) is 10.5. The van der Waals surface area contributed by atoms with E-state index in [4.69, 9.17) is 9.47 Å². The molecular weight excluding hydrogens is 288 g/mol. The molecule has 0 aliphatic rings. The van der Waals surface area contributed by atoms with Gasteiger partial charge in [0.05, 0.1) is 13.5 Å². The van der Waals surface area contributed by atoms with Gasteiger partial charge in [0.15, 0.2) is 6.61 Å². The van der Waals surface area contributed by atoms with Gasteiger partial charge in [-0.05, 0) is 17.7 Å². The van der Waals surface area contributed by atoms with Crippen LogP contribution in [0.4, 0.5) is 4.79 Å². The fourth-order valence-corrected chi connectivity index (χ4v) is 1.52. The van der Waals surface area contributed by atoms with Crippen LogP contribution in [0.3, 0.4) is 0 Å². The van der Waals surface area contributed by atoms with Crippen molar-refractivity contribution < 1.29 is 23.9 Å². The summed E-state index contributed by atoms with van der Waals surface area (Å²) in [5.74, 6) is -0.655. The summed E-state index contributed by atoms with van der Waals surface area (Å²) in [4.78, 5) is 34.2. The lowest BCUT2D eigenvalue weighted by Gasteiger charge is -2.07. The molecule has 0 saturated heterocycles. The molecule has 0 spiro atoms. The summed E-state index contributed by atoms with van der Waals surface area (Å²) in [5.41, 5.74) is 0.702. The highest BCUT2D eigenvalue weighted by Crippen LogP contribution is 2.13. The Balaban J connectivity index is 2.34. The summed E-state index contributed by atoms with van der Waals surface area (Å²) in [6.45, 7) is 3.13. The molecule has 0 saturated carbocycles. The van der Waals surface area contributed by atoms with Gasteiger partial charge in [-0.25, -0.2) is 4.79 Å². The average Bonchev–Trinajstić information content (AvgIpc) is 2.51. The maximum atomic E-state index is 11.6. The molecule has 1 aromatic rings. The van der Waals surface area contributed by atoms with Crippen molar-refractivity contribution in [2.45, 2.75) is 6.42 Å². The number of nitrogens with one attached hydrogen (secondary N) is 2. The molecule has 0 bridgehead atoms. The fraction of sp³-hybridized carbons (Fsp3) is 0.267. The molecule has 0 aromatic heterocycles. The zero-order valence-electron chi connectivity index (χ0n) is 12.3. The van der Waals surface area contributed by atoms with Crippen LogP contribution >= 0.6 is 0 Å². The SMILES string of the molecule is C=CCNC(=O)NC(=O)COC(=O)Cc1cccc(OC)c1. The van der Waals surface area contributed by atoms with Gasteiger partial charge in [-0.2, -0.15) is 0 Å². The highest BCUT2D eigenvalue weighted by atomic mass is 16.5. The van der Waals surface area contributed by atoms with Crippen molar-refractivity contribution in [1.29, 1.82) is 0 Å². The Kier molecular flexibility index (Phi) is 7.18. The Hall–Kier alpha value is -2.83. The number of carbonyl (C=O) groups excluding carboxylic acids is 3. The molecule has 0 aliphatic carbocycles. The lowest BCUT2D eigenvalue weighted by molar-refractivity contribution is -0.147. The number of amides is 3. The Morgan fingerprint density at radius 3 is 2.77 bits per heavy atom. The first kappa shape index (κ1) is 17.2. The van der Waals surface area contributed by atoms with Gasteiger partial charge >= 0.3 is 12.0 Å². The van der Waals surface area contributed by atoms with E-state index in [1.54, 1.807) is 24.3 Å². The minimum atomic E-state index is -0.708. The maximum Gasteiger partial charge on any atom is 0.321 e. The zero-order chi connectivity index (χ0) is 16.4. The highest BCUT2D eigenvalue weighted by molar-refractivity contribution is 5.95. The van der Waals surface area contributed by atoms with Crippen molar-refractivity contribution >= 4 is 17.9 Å². The summed E-state index contributed by atoms with van der Waals surface area (Å²) < 4.78 is 9.84. The van der Waals surface area contributed by atoms with Gasteiger partial charge in [-0.15, -0.1) is 6.58 Å². The van der Waals surface area contributed by atoms with Crippen LogP contribution in [0.25, 0.3) is 0 Å². The third kappa shape index (κ3) is 6.56. The lowest BCUT2D eigenvalue weighted by Crippen LogP contribution is -2.41. The second-order valence-electron chi connectivity index (χ2n) is 4.24. The molecule has 0 aliphatic heterocycles. The van der Waals surface area contributed by atoms with Gasteiger partial charge < -0.3 is 14.8 Å². The normalized spacial score (nSPS) is 9.50. The predicted molar refractivity (Wildman–Crippen MR) is 79.4 cm³/mol. The summed E-state index contributed by atoms with van der Waals surface area (Å²) in [6.07, 6.45) is 1.48. The Bertz CT molecular complexity index is 557. The smallest absolute Gasteiger partial charge is 0.321 e. The van der Waals surface area contributed by atoms with Crippen LogP contribution in [-0.2, 0) is 20.7 Å². The third-order valence-electron chi connectivity index (χ3n) is 2.51. The summed E-state index contributed by atoms with van der Waals surface area (Å²) in [5, 5.41) is 4.38. The van der Waals surface area contributed by atoms with Crippen molar-refractivity contribution in [3.8, 4) is 5.75 Å². The minimum Gasteiger partial charge on any atom is -0.497 e. The molecule has 1 rings (SSSR count). The molecule has 1 aromatic carbocycles. The molecule has 3 amide bonds. The van der Waals surface area contributed by atoms with Crippen LogP contribution in [0.5, 0.6) is 5.75 Å². The highest BCUT2D eigenvalue weighted by Gasteiger charge is 2.11. The minimum absolute atomic E-state index is 0.00708. The van der Waals surface area contributed by atoms with Crippen LogP contribution in [-0.4, -0.2) is 38.2 Å². The molecule has 7 nitrogen and oxygen atoms in total. The predicted octanol–water partition coefficient (Wildman–Crippen LogP) is 0.793. The number of ether oxygens (including phenoxy) is 2. The monoisotopic (exact) mass is 306 g/mol. The van der Waals surface area contributed by atoms with Gasteiger partial charge in [-0.1, -0.05) is 18.2 Å². The van der Waals surface area contributed by atoms with Crippen LogP contribution in [0.1, 0.15) is 5.56 Å². The molecule has 0 unspecified atom stereocenters. The quantitative estimate of drug-likeness (QED) is 0.574. The zero-order valence-corrected chi connectivity index (χ0v) is 12.3. The molecular formula is C15H18N2O5. The number of benzene rings is 1. The van der Waals surface area contributed by atoms with Gasteiger partial charge in [0.2, 0.25) is 0 Å². The number of esters is 1. The van der Waals surface area contributed by atoms with E-state index in [0.717, 1.165) is 0 Å². The molecule has 0 atom stereocenters. The second-order valence-corrected chi connectivity index (χ2v) is 4.24. The molecule has 2 N–H and O–H groups in total. The van der Waals surface area contributed by atoms with Crippen LogP contribution in [0.2, 0.25) is 0 Å². The maximum absolute atomic E-state index is 11.6. The molecule has 0 fully saturated rings. The van der Waals surface area contributed by atoms with Crippen molar-refractivity contribution in [3.63, 3.8) is 0 Å². The van der Waals surface area contributed by atoms with Gasteiger partial charge in [0.1, 0.15) is 5.75 Å². The van der Waals surface area contributed by atoms with Crippen molar-refractivity contribution in [1.82, 2.24) is 10.6 Å². The number of carbonyl (C=O) groups is 3. The fourth-order valence-electron chi connectivity index (χ4n) is 1.52. The van der Waals surface area contributed by atoms with E-state index in [0.29, 0.717) is 11.3 Å². The van der Waals surface area contributed by atoms with Gasteiger partial charge in [0.25, 0.3) is 5.91 Å². The van der Waals surface area contributed by atoms with Gasteiger partial charge in [0, 0.05) is 6.54 Å². The first-order valence-electron chi connectivity index (χ1n) is 6.52. The first-order valence-corrected chi connectivity index (χ1v) is 6.52. The number of methoxy groups -OCH3 is 1. The van der Waals surface area contributed by atoms with E-state index in [9.17, 15) is 14.4 Å². The van der Waals surface area contributed by atoms with E-state index < -0.39 is 24.5 Å². The van der Waals surface area contributed by atoms with E-state index in [1.807, 2.05) is 5.32 Å². The molecule has 0 radical (unpaired) electrons. The third-order valence-corrected chi connectivity index (χ3v) is 2.51. The van der Waals surface area contributed by atoms with Crippen LogP contribution in [0.15, 0.2) is 36.9 Å². The van der Waals surface area contributed by atoms with Gasteiger partial charge in [-0.3, -0.25) is 14.9 Å². The van der Waals surface area contributed by atoms with E-state index in [2.05, 4.69) is 11.9 Å². The number of imide groups is 1. The lowest BCUT2D eigenvalue weighted by atomic mass is 10.1. The van der Waals surface area contributed by atoms with Crippen molar-refractivity contribution in [3.05, 3.63) is 42.5 Å². The summed E-state index contributed by atoms with van der Waals surface area (Å²) >= 11 is 0. The Labute approximate surface area is 128 Å². The second kappa shape index (κ2) is 9.17. The Morgan fingerprint density at radius 1 is 1.32 bits per heavy atom. The number of hydrogen-bond donors (Lipinski definition) is 2. The number of hydrogen-bond acceptors (Lipinski definition) is 5. The standard InChI is InChI=1S/C15H18N2O5/c1-3-7-16-15(20)17-13(18)10-22-14(19)9-11-5-4-6-12(8-11)21-2/h3-6,8H,1,7,9-10H2,2H3,(H2,16,17,18,20). The molecule has 7 heteroatoms. The summed E-state index contributed by atoms with van der Waals surface area (Å²) in [6, 6.07) is 6.27. The van der Waals surface area contributed by atoms with Crippen LogP contribution in [0, 0.1) is 0 Å². The topological polar surface area (TPSA) is 93.7 Å². The van der Waals surface area contributed by atoms with Crippen molar-refractivity contribution in [2.75, 3.05) is 20.3 Å². The van der Waals surface area contributed by atoms with E-state index in [-0.39, 0.29) is 13.0 Å². The van der Waals surface area contributed by atoms with E-state index in [1.165, 1.54) is 13.2 Å². The summed E-state index contributed by atoms with van der Waals surface area (Å²) in [7, 11) is 1.53. The average molecular weight is 306 g/mol. The largest absolute Gasteiger partial charge is 0.497 e. The molecule has 118 valence electrons. The van der Waals surface area contributed by atoms with Crippen LogP contribution < -0.4 is 15.4 Å². The molecule has 0 heterocycles.